The van der Waals surface area contributed by atoms with E-state index in [1.807, 2.05) is 28.3 Å². The van der Waals surface area contributed by atoms with Gasteiger partial charge in [0.05, 0.1) is 6.04 Å². The molecule has 27 heavy (non-hydrogen) atoms. The number of hydrogen-bond donors (Lipinski definition) is 1. The van der Waals surface area contributed by atoms with Crippen molar-refractivity contribution in [3.63, 3.8) is 0 Å². The van der Waals surface area contributed by atoms with E-state index in [-0.39, 0.29) is 24.0 Å². The summed E-state index contributed by atoms with van der Waals surface area (Å²) in [5, 5.41) is 15.3. The predicted molar refractivity (Wildman–Crippen MR) is 102 cm³/mol. The summed E-state index contributed by atoms with van der Waals surface area (Å²) in [6.45, 7) is 10.1. The van der Waals surface area contributed by atoms with Crippen LogP contribution in [0.15, 0.2) is 36.9 Å². The van der Waals surface area contributed by atoms with Crippen molar-refractivity contribution in [2.45, 2.75) is 52.7 Å². The summed E-state index contributed by atoms with van der Waals surface area (Å²) in [5.41, 5.74) is 1.50. The molecule has 0 saturated heterocycles. The average Bonchev–Trinajstić information content (AvgIpc) is 3.31. The summed E-state index contributed by atoms with van der Waals surface area (Å²) >= 11 is 0. The molecular formula is C19H25N7O. The first kappa shape index (κ1) is 18.8. The molecule has 3 rings (SSSR count). The fraction of sp³-hybridized carbons (Fsp3) is 0.421. The Kier molecular flexibility index (Phi) is 5.34. The Morgan fingerprint density at radius 2 is 1.74 bits per heavy atom. The van der Waals surface area contributed by atoms with E-state index in [9.17, 15) is 4.79 Å². The van der Waals surface area contributed by atoms with Crippen LogP contribution in [0.5, 0.6) is 0 Å². The normalized spacial score (nSPS) is 12.6. The Hall–Kier alpha value is -3.03. The van der Waals surface area contributed by atoms with E-state index < -0.39 is 0 Å². The molecule has 142 valence electrons. The van der Waals surface area contributed by atoms with Gasteiger partial charge in [-0.05, 0) is 46.8 Å². The number of benzene rings is 1. The standard InChI is InChI=1S/C19H25N7O/c1-12(2)25-11-21-24-17(25)14(5)23-19(27)16-8-6-15(7-9-16)18-20-10-22-26(18)13(3)4/h6-14H,1-5H3,(H,23,27)/t14-/m1/s1. The molecule has 8 nitrogen and oxygen atoms in total. The first-order valence-corrected chi connectivity index (χ1v) is 9.08. The van der Waals surface area contributed by atoms with Crippen molar-refractivity contribution in [2.24, 2.45) is 0 Å². The van der Waals surface area contributed by atoms with Crippen LogP contribution in [0.25, 0.3) is 11.4 Å². The minimum Gasteiger partial charge on any atom is -0.342 e. The van der Waals surface area contributed by atoms with Gasteiger partial charge < -0.3 is 9.88 Å². The van der Waals surface area contributed by atoms with E-state index in [0.29, 0.717) is 5.56 Å². The van der Waals surface area contributed by atoms with Crippen LogP contribution in [-0.4, -0.2) is 35.4 Å². The molecule has 0 radical (unpaired) electrons. The number of rotatable bonds is 6. The van der Waals surface area contributed by atoms with E-state index in [1.54, 1.807) is 24.8 Å². The highest BCUT2D eigenvalue weighted by Crippen LogP contribution is 2.20. The molecule has 2 heterocycles. The minimum atomic E-state index is -0.244. The molecule has 8 heteroatoms. The Morgan fingerprint density at radius 1 is 1.04 bits per heavy atom. The van der Waals surface area contributed by atoms with Crippen molar-refractivity contribution >= 4 is 5.91 Å². The van der Waals surface area contributed by atoms with Gasteiger partial charge in [0.1, 0.15) is 12.7 Å². The fourth-order valence-corrected chi connectivity index (χ4v) is 2.91. The fourth-order valence-electron chi connectivity index (χ4n) is 2.91. The Morgan fingerprint density at radius 3 is 2.37 bits per heavy atom. The first-order valence-electron chi connectivity index (χ1n) is 9.08. The summed E-state index contributed by atoms with van der Waals surface area (Å²) in [5.74, 6) is 1.37. The molecule has 1 aromatic carbocycles. The van der Waals surface area contributed by atoms with Crippen LogP contribution in [0, 0.1) is 0 Å². The summed E-state index contributed by atoms with van der Waals surface area (Å²) in [6.07, 6.45) is 3.23. The molecule has 3 aromatic rings. The van der Waals surface area contributed by atoms with E-state index in [2.05, 4.69) is 53.3 Å². The highest BCUT2D eigenvalue weighted by atomic mass is 16.1. The monoisotopic (exact) mass is 367 g/mol. The minimum absolute atomic E-state index is 0.155. The van der Waals surface area contributed by atoms with Gasteiger partial charge in [0, 0.05) is 23.2 Å². The van der Waals surface area contributed by atoms with Gasteiger partial charge in [-0.1, -0.05) is 12.1 Å². The van der Waals surface area contributed by atoms with Gasteiger partial charge in [-0.25, -0.2) is 9.67 Å². The molecule has 0 unspecified atom stereocenters. The molecule has 0 aliphatic rings. The third-order valence-corrected chi connectivity index (χ3v) is 4.36. The highest BCUT2D eigenvalue weighted by Gasteiger charge is 2.18. The number of carbonyl (C=O) groups excluding carboxylic acids is 1. The second kappa shape index (κ2) is 7.69. The average molecular weight is 367 g/mol. The van der Waals surface area contributed by atoms with Crippen LogP contribution >= 0.6 is 0 Å². The number of amides is 1. The molecule has 1 N–H and O–H groups in total. The van der Waals surface area contributed by atoms with Crippen LogP contribution in [0.4, 0.5) is 0 Å². The molecule has 0 spiro atoms. The number of aromatic nitrogens is 6. The van der Waals surface area contributed by atoms with Gasteiger partial charge in [0.15, 0.2) is 11.6 Å². The molecule has 2 aromatic heterocycles. The third kappa shape index (κ3) is 3.89. The summed E-state index contributed by atoms with van der Waals surface area (Å²) < 4.78 is 3.81. The van der Waals surface area contributed by atoms with Gasteiger partial charge in [-0.3, -0.25) is 4.79 Å². The van der Waals surface area contributed by atoms with Gasteiger partial charge in [0.25, 0.3) is 5.91 Å². The second-order valence-corrected chi connectivity index (χ2v) is 7.08. The maximum Gasteiger partial charge on any atom is 0.251 e. The quantitative estimate of drug-likeness (QED) is 0.722. The van der Waals surface area contributed by atoms with Gasteiger partial charge >= 0.3 is 0 Å². The van der Waals surface area contributed by atoms with E-state index in [0.717, 1.165) is 17.2 Å². The Labute approximate surface area is 158 Å². The van der Waals surface area contributed by atoms with Crippen molar-refractivity contribution in [1.29, 1.82) is 0 Å². The Balaban J connectivity index is 1.74. The summed E-state index contributed by atoms with van der Waals surface area (Å²) in [4.78, 5) is 16.9. The lowest BCUT2D eigenvalue weighted by Crippen LogP contribution is -2.29. The predicted octanol–water partition coefficient (Wildman–Crippen LogP) is 3.19. The molecule has 0 fully saturated rings. The first-order chi connectivity index (χ1) is 12.9. The molecule has 1 atom stereocenters. The third-order valence-electron chi connectivity index (χ3n) is 4.36. The zero-order chi connectivity index (χ0) is 19.6. The molecule has 0 saturated carbocycles. The molecule has 0 bridgehead atoms. The summed E-state index contributed by atoms with van der Waals surface area (Å²) in [6, 6.07) is 7.56. The lowest BCUT2D eigenvalue weighted by molar-refractivity contribution is 0.0937. The van der Waals surface area contributed by atoms with Crippen LogP contribution in [0.2, 0.25) is 0 Å². The smallest absolute Gasteiger partial charge is 0.251 e. The lowest BCUT2D eigenvalue weighted by Gasteiger charge is -2.17. The van der Waals surface area contributed by atoms with Crippen LogP contribution < -0.4 is 5.32 Å². The number of hydrogen-bond acceptors (Lipinski definition) is 5. The SMILES string of the molecule is CC(C)n1cnnc1[C@@H](C)NC(=O)c1ccc(-c2ncnn2C(C)C)cc1. The maximum atomic E-state index is 12.6. The van der Waals surface area contributed by atoms with Crippen molar-refractivity contribution in [1.82, 2.24) is 34.8 Å². The van der Waals surface area contributed by atoms with Crippen molar-refractivity contribution in [2.75, 3.05) is 0 Å². The van der Waals surface area contributed by atoms with E-state index >= 15 is 0 Å². The highest BCUT2D eigenvalue weighted by molar-refractivity contribution is 5.94. The number of carbonyl (C=O) groups is 1. The van der Waals surface area contributed by atoms with Crippen molar-refractivity contribution in [3.05, 3.63) is 48.3 Å². The number of nitrogens with one attached hydrogen (secondary N) is 1. The second-order valence-electron chi connectivity index (χ2n) is 7.08. The van der Waals surface area contributed by atoms with E-state index in [4.69, 9.17) is 0 Å². The molecular weight excluding hydrogens is 342 g/mol. The van der Waals surface area contributed by atoms with Crippen LogP contribution in [0.3, 0.4) is 0 Å². The zero-order valence-corrected chi connectivity index (χ0v) is 16.3. The largest absolute Gasteiger partial charge is 0.342 e. The lowest BCUT2D eigenvalue weighted by atomic mass is 10.1. The Bertz CT molecular complexity index is 908. The van der Waals surface area contributed by atoms with E-state index in [1.165, 1.54) is 0 Å². The van der Waals surface area contributed by atoms with Crippen LogP contribution in [0.1, 0.15) is 68.9 Å². The van der Waals surface area contributed by atoms with Crippen molar-refractivity contribution in [3.8, 4) is 11.4 Å². The summed E-state index contributed by atoms with van der Waals surface area (Å²) in [7, 11) is 0. The van der Waals surface area contributed by atoms with Crippen LogP contribution in [-0.2, 0) is 0 Å². The molecule has 0 aliphatic heterocycles. The zero-order valence-electron chi connectivity index (χ0n) is 16.3. The molecule has 0 aliphatic carbocycles. The van der Waals surface area contributed by atoms with Gasteiger partial charge in [-0.15, -0.1) is 10.2 Å². The van der Waals surface area contributed by atoms with Gasteiger partial charge in [0.2, 0.25) is 0 Å². The molecule has 1 amide bonds. The number of nitrogens with zero attached hydrogens (tertiary/aromatic N) is 6. The maximum absolute atomic E-state index is 12.6. The van der Waals surface area contributed by atoms with Gasteiger partial charge in [-0.2, -0.15) is 5.10 Å². The van der Waals surface area contributed by atoms with Crippen molar-refractivity contribution < 1.29 is 4.79 Å². The topological polar surface area (TPSA) is 90.5 Å².